The Morgan fingerprint density at radius 3 is 2.72 bits per heavy atom. The summed E-state index contributed by atoms with van der Waals surface area (Å²) < 4.78 is 12.1. The van der Waals surface area contributed by atoms with Crippen molar-refractivity contribution in [2.45, 2.75) is 44.8 Å². The van der Waals surface area contributed by atoms with E-state index in [0.29, 0.717) is 37.2 Å². The van der Waals surface area contributed by atoms with Gasteiger partial charge >= 0.3 is 5.97 Å². The molecule has 1 unspecified atom stereocenters. The predicted octanol–water partition coefficient (Wildman–Crippen LogP) is 2.14. The predicted molar refractivity (Wildman–Crippen MR) is 121 cm³/mol. The Morgan fingerprint density at radius 1 is 1.16 bits per heavy atom. The molecular formula is C23H29N3O5S. The first kappa shape index (κ1) is 22.5. The number of esters is 1. The maximum Gasteiger partial charge on any atom is 0.328 e. The minimum absolute atomic E-state index is 0.172. The number of carbonyl (C=O) groups excluding carboxylic acids is 2. The molecule has 2 aromatic heterocycles. The molecule has 9 heteroatoms. The van der Waals surface area contributed by atoms with E-state index in [1.165, 1.54) is 25.2 Å². The lowest BCUT2D eigenvalue weighted by Crippen LogP contribution is -2.49. The summed E-state index contributed by atoms with van der Waals surface area (Å²) in [6.07, 6.45) is 2.82. The van der Waals surface area contributed by atoms with Gasteiger partial charge in [0.1, 0.15) is 17.4 Å². The van der Waals surface area contributed by atoms with E-state index in [1.54, 1.807) is 20.8 Å². The monoisotopic (exact) mass is 459 g/mol. The molecule has 1 fully saturated rings. The van der Waals surface area contributed by atoms with Crippen molar-refractivity contribution in [1.82, 2.24) is 14.4 Å². The van der Waals surface area contributed by atoms with Crippen LogP contribution in [0.4, 0.5) is 0 Å². The average molecular weight is 460 g/mol. The molecule has 1 atom stereocenters. The summed E-state index contributed by atoms with van der Waals surface area (Å²) in [4.78, 5) is 44.1. The number of ether oxygens (including phenoxy) is 2. The molecule has 8 nitrogen and oxygen atoms in total. The van der Waals surface area contributed by atoms with E-state index in [2.05, 4.69) is 16.3 Å². The first-order chi connectivity index (χ1) is 15.5. The molecule has 0 saturated carbocycles. The Balaban J connectivity index is 1.68. The molecule has 32 heavy (non-hydrogen) atoms. The van der Waals surface area contributed by atoms with E-state index in [-0.39, 0.29) is 17.2 Å². The van der Waals surface area contributed by atoms with Gasteiger partial charge in [0, 0.05) is 55.8 Å². The van der Waals surface area contributed by atoms with Gasteiger partial charge < -0.3 is 18.9 Å². The fourth-order valence-corrected chi connectivity index (χ4v) is 5.41. The van der Waals surface area contributed by atoms with Gasteiger partial charge in [-0.25, -0.2) is 4.79 Å². The van der Waals surface area contributed by atoms with E-state index in [1.807, 2.05) is 6.07 Å². The van der Waals surface area contributed by atoms with Crippen LogP contribution in [0.3, 0.4) is 0 Å². The molecule has 1 amide bonds. The largest absolute Gasteiger partial charge is 0.496 e. The standard InChI is InChI=1S/C23H29N3O5S/c1-30-19-14-20(27)25-12-11-24(15-16-6-5-13-32-16)10-8-17(25)21(19)22(28)26-9-4-3-7-18(26)23(29)31-2/h5-6,13-14,18H,3-4,7-12,15H2,1-2H3. The second-order valence-corrected chi connectivity index (χ2v) is 9.20. The van der Waals surface area contributed by atoms with Crippen LogP contribution in [-0.2, 0) is 29.0 Å². The highest BCUT2D eigenvalue weighted by Gasteiger charge is 2.36. The highest BCUT2D eigenvalue weighted by Crippen LogP contribution is 2.28. The minimum atomic E-state index is -0.611. The lowest BCUT2D eigenvalue weighted by atomic mass is 9.99. The Bertz CT molecular complexity index is 1030. The zero-order chi connectivity index (χ0) is 22.7. The number of carbonyl (C=O) groups is 2. The fraction of sp³-hybridized carbons (Fsp3) is 0.522. The molecule has 1 saturated heterocycles. The summed E-state index contributed by atoms with van der Waals surface area (Å²) in [5.74, 6) is -0.405. The molecule has 2 aromatic rings. The number of nitrogens with zero attached hydrogens (tertiary/aromatic N) is 3. The number of aromatic nitrogens is 1. The van der Waals surface area contributed by atoms with Crippen molar-refractivity contribution in [2.24, 2.45) is 0 Å². The van der Waals surface area contributed by atoms with Gasteiger partial charge in [-0.3, -0.25) is 14.5 Å². The third-order valence-electron chi connectivity index (χ3n) is 6.32. The summed E-state index contributed by atoms with van der Waals surface area (Å²) in [6.45, 7) is 3.25. The number of fused-ring (bicyclic) bond motifs is 1. The molecular weight excluding hydrogens is 430 g/mol. The summed E-state index contributed by atoms with van der Waals surface area (Å²) in [7, 11) is 2.81. The number of hydrogen-bond acceptors (Lipinski definition) is 7. The highest BCUT2D eigenvalue weighted by molar-refractivity contribution is 7.09. The molecule has 172 valence electrons. The van der Waals surface area contributed by atoms with Crippen molar-refractivity contribution in [2.75, 3.05) is 33.9 Å². The van der Waals surface area contributed by atoms with Crippen LogP contribution in [0.25, 0.3) is 0 Å². The second-order valence-electron chi connectivity index (χ2n) is 8.16. The number of methoxy groups -OCH3 is 2. The molecule has 0 spiro atoms. The van der Waals surface area contributed by atoms with Gasteiger partial charge in [0.25, 0.3) is 11.5 Å². The van der Waals surface area contributed by atoms with Gasteiger partial charge in [-0.15, -0.1) is 11.3 Å². The quantitative estimate of drug-likeness (QED) is 0.638. The normalized spacial score (nSPS) is 19.2. The molecule has 4 heterocycles. The third kappa shape index (κ3) is 4.45. The van der Waals surface area contributed by atoms with Gasteiger partial charge in [0.05, 0.1) is 14.2 Å². The van der Waals surface area contributed by atoms with Gasteiger partial charge in [0.2, 0.25) is 0 Å². The van der Waals surface area contributed by atoms with Crippen molar-refractivity contribution < 1.29 is 19.1 Å². The lowest BCUT2D eigenvalue weighted by molar-refractivity contribution is -0.147. The Labute approximate surface area is 191 Å². The van der Waals surface area contributed by atoms with Crippen molar-refractivity contribution in [3.8, 4) is 5.75 Å². The van der Waals surface area contributed by atoms with E-state index in [9.17, 15) is 14.4 Å². The first-order valence-corrected chi connectivity index (χ1v) is 11.9. The van der Waals surface area contributed by atoms with Crippen molar-refractivity contribution in [3.63, 3.8) is 0 Å². The lowest BCUT2D eigenvalue weighted by Gasteiger charge is -2.34. The second kappa shape index (κ2) is 9.87. The summed E-state index contributed by atoms with van der Waals surface area (Å²) >= 11 is 1.71. The zero-order valence-electron chi connectivity index (χ0n) is 18.5. The molecule has 2 aliphatic heterocycles. The van der Waals surface area contributed by atoms with Gasteiger partial charge in [-0.05, 0) is 30.7 Å². The van der Waals surface area contributed by atoms with Crippen molar-refractivity contribution >= 4 is 23.2 Å². The average Bonchev–Trinajstić information content (AvgIpc) is 3.24. The number of amides is 1. The van der Waals surface area contributed by atoms with Gasteiger partial charge in [-0.1, -0.05) is 6.07 Å². The van der Waals surface area contributed by atoms with Gasteiger partial charge in [0.15, 0.2) is 0 Å². The van der Waals surface area contributed by atoms with Crippen LogP contribution in [0, 0.1) is 0 Å². The third-order valence-corrected chi connectivity index (χ3v) is 7.18. The van der Waals surface area contributed by atoms with Crippen molar-refractivity contribution in [3.05, 3.63) is 50.1 Å². The molecule has 0 N–H and O–H groups in total. The Kier molecular flexibility index (Phi) is 6.95. The van der Waals surface area contributed by atoms with Crippen LogP contribution in [-0.4, -0.2) is 66.1 Å². The van der Waals surface area contributed by atoms with E-state index < -0.39 is 12.0 Å². The smallest absolute Gasteiger partial charge is 0.328 e. The molecule has 4 rings (SSSR count). The first-order valence-electron chi connectivity index (χ1n) is 11.0. The highest BCUT2D eigenvalue weighted by atomic mass is 32.1. The zero-order valence-corrected chi connectivity index (χ0v) is 19.4. The summed E-state index contributed by atoms with van der Waals surface area (Å²) in [5, 5.41) is 2.06. The Morgan fingerprint density at radius 2 is 2.00 bits per heavy atom. The van der Waals surface area contributed by atoms with E-state index >= 15 is 0 Å². The number of thiophene rings is 1. The maximum atomic E-state index is 13.8. The van der Waals surface area contributed by atoms with Crippen LogP contribution in [0.5, 0.6) is 5.75 Å². The number of rotatable bonds is 5. The summed E-state index contributed by atoms with van der Waals surface area (Å²) in [6, 6.07) is 4.92. The molecule has 0 radical (unpaired) electrons. The van der Waals surface area contributed by atoms with Crippen LogP contribution in [0.15, 0.2) is 28.4 Å². The number of hydrogen-bond donors (Lipinski definition) is 0. The van der Waals surface area contributed by atoms with Crippen LogP contribution < -0.4 is 10.3 Å². The van der Waals surface area contributed by atoms with Gasteiger partial charge in [-0.2, -0.15) is 0 Å². The van der Waals surface area contributed by atoms with E-state index in [4.69, 9.17) is 9.47 Å². The van der Waals surface area contributed by atoms with Crippen molar-refractivity contribution in [1.29, 1.82) is 0 Å². The topological polar surface area (TPSA) is 81.1 Å². The molecule has 2 aliphatic rings. The minimum Gasteiger partial charge on any atom is -0.496 e. The van der Waals surface area contributed by atoms with E-state index in [0.717, 1.165) is 32.5 Å². The molecule has 0 aliphatic carbocycles. The van der Waals surface area contributed by atoms with Crippen LogP contribution in [0.1, 0.15) is 40.2 Å². The van der Waals surface area contributed by atoms with Crippen LogP contribution >= 0.6 is 11.3 Å². The number of pyridine rings is 1. The Hall–Kier alpha value is -2.65. The van der Waals surface area contributed by atoms with Crippen LogP contribution in [0.2, 0.25) is 0 Å². The number of likely N-dealkylation sites (tertiary alicyclic amines) is 1. The molecule has 0 aromatic carbocycles. The summed E-state index contributed by atoms with van der Waals surface area (Å²) in [5.41, 5.74) is 0.901. The molecule has 0 bridgehead atoms. The maximum absolute atomic E-state index is 13.8. The fourth-order valence-electron chi connectivity index (χ4n) is 4.66. The SMILES string of the molecule is COC(=O)C1CCCCN1C(=O)c1c(OC)cc(=O)n2c1CCN(Cc1cccs1)CC2. The number of piperidine rings is 1.